The number of carbonyl (C=O) groups excluding carboxylic acids is 1. The van der Waals surface area contributed by atoms with Crippen LogP contribution < -0.4 is 0 Å². The van der Waals surface area contributed by atoms with Gasteiger partial charge in [-0.1, -0.05) is 17.7 Å². The van der Waals surface area contributed by atoms with Crippen molar-refractivity contribution in [1.29, 1.82) is 0 Å². The monoisotopic (exact) mass is 289 g/mol. The summed E-state index contributed by atoms with van der Waals surface area (Å²) < 4.78 is 27.1. The minimum absolute atomic E-state index is 0.165. The van der Waals surface area contributed by atoms with Gasteiger partial charge in [-0.2, -0.15) is 0 Å². The predicted octanol–water partition coefficient (Wildman–Crippen LogP) is 4.11. The Balaban J connectivity index is 2.28. The second-order valence-electron chi connectivity index (χ2n) is 5.13. The lowest BCUT2D eigenvalue weighted by Gasteiger charge is -2.26. The van der Waals surface area contributed by atoms with Gasteiger partial charge < -0.3 is 4.90 Å². The average molecular weight is 289 g/mol. The van der Waals surface area contributed by atoms with Crippen molar-refractivity contribution >= 4 is 5.91 Å². The molecule has 2 aromatic carbocycles. The van der Waals surface area contributed by atoms with Crippen molar-refractivity contribution in [3.05, 3.63) is 70.8 Å². The lowest BCUT2D eigenvalue weighted by Crippen LogP contribution is -2.30. The first-order valence-electron chi connectivity index (χ1n) is 6.69. The Hall–Kier alpha value is -2.23. The van der Waals surface area contributed by atoms with Gasteiger partial charge in [0, 0.05) is 18.2 Å². The van der Waals surface area contributed by atoms with Crippen LogP contribution in [0, 0.1) is 18.6 Å². The topological polar surface area (TPSA) is 20.3 Å². The fourth-order valence-electron chi connectivity index (χ4n) is 2.20. The van der Waals surface area contributed by atoms with Crippen LogP contribution in [0.1, 0.15) is 34.5 Å². The molecule has 0 aliphatic carbocycles. The highest BCUT2D eigenvalue weighted by Gasteiger charge is 2.21. The van der Waals surface area contributed by atoms with Crippen molar-refractivity contribution in [2.24, 2.45) is 0 Å². The van der Waals surface area contributed by atoms with E-state index in [0.717, 1.165) is 23.8 Å². The molecule has 1 amide bonds. The van der Waals surface area contributed by atoms with Crippen molar-refractivity contribution in [1.82, 2.24) is 4.90 Å². The van der Waals surface area contributed by atoms with Crippen molar-refractivity contribution in [2.45, 2.75) is 19.9 Å². The Morgan fingerprint density at radius 2 is 1.86 bits per heavy atom. The minimum Gasteiger partial charge on any atom is -0.335 e. The first kappa shape index (κ1) is 15.2. The van der Waals surface area contributed by atoms with Crippen LogP contribution in [0.15, 0.2) is 42.5 Å². The summed E-state index contributed by atoms with van der Waals surface area (Å²) >= 11 is 0. The van der Waals surface area contributed by atoms with Crippen molar-refractivity contribution in [3.8, 4) is 0 Å². The van der Waals surface area contributed by atoms with Gasteiger partial charge in [0.25, 0.3) is 5.91 Å². The van der Waals surface area contributed by atoms with E-state index in [1.807, 2.05) is 13.0 Å². The molecule has 2 rings (SSSR count). The minimum atomic E-state index is -0.561. The van der Waals surface area contributed by atoms with Gasteiger partial charge in [-0.05, 0) is 44.2 Å². The quantitative estimate of drug-likeness (QED) is 0.833. The molecule has 1 unspecified atom stereocenters. The first-order chi connectivity index (χ1) is 9.90. The smallest absolute Gasteiger partial charge is 0.254 e. The molecule has 0 fully saturated rings. The third-order valence-corrected chi connectivity index (χ3v) is 3.57. The van der Waals surface area contributed by atoms with Crippen LogP contribution in [0.2, 0.25) is 0 Å². The highest BCUT2D eigenvalue weighted by molar-refractivity contribution is 5.94. The third kappa shape index (κ3) is 3.27. The van der Waals surface area contributed by atoms with E-state index in [-0.39, 0.29) is 11.5 Å². The number of aryl methyl sites for hydroxylation is 1. The molecule has 0 aliphatic rings. The van der Waals surface area contributed by atoms with Crippen molar-refractivity contribution in [3.63, 3.8) is 0 Å². The van der Waals surface area contributed by atoms with Gasteiger partial charge in [-0.3, -0.25) is 4.79 Å². The number of hydrogen-bond donors (Lipinski definition) is 0. The maximum atomic E-state index is 13.8. The van der Waals surface area contributed by atoms with E-state index >= 15 is 0 Å². The van der Waals surface area contributed by atoms with E-state index < -0.39 is 17.7 Å². The highest BCUT2D eigenvalue weighted by Crippen LogP contribution is 2.24. The molecule has 1 atom stereocenters. The summed E-state index contributed by atoms with van der Waals surface area (Å²) in [7, 11) is 1.58. The van der Waals surface area contributed by atoms with E-state index in [0.29, 0.717) is 5.56 Å². The molecule has 110 valence electrons. The summed E-state index contributed by atoms with van der Waals surface area (Å²) in [6.45, 7) is 3.57. The van der Waals surface area contributed by atoms with Gasteiger partial charge >= 0.3 is 0 Å². The summed E-state index contributed by atoms with van der Waals surface area (Å²) in [4.78, 5) is 13.8. The SMILES string of the molecule is Cc1cccc(C(=O)N(C)C(C)c2cc(F)ccc2F)c1. The molecule has 0 spiro atoms. The van der Waals surface area contributed by atoms with Crippen LogP contribution in [-0.2, 0) is 0 Å². The second-order valence-corrected chi connectivity index (χ2v) is 5.13. The van der Waals surface area contributed by atoms with E-state index in [1.54, 1.807) is 32.2 Å². The Morgan fingerprint density at radius 3 is 2.52 bits per heavy atom. The lowest BCUT2D eigenvalue weighted by atomic mass is 10.0. The van der Waals surface area contributed by atoms with Gasteiger partial charge in [0.05, 0.1) is 6.04 Å². The number of benzene rings is 2. The standard InChI is InChI=1S/C17H17F2NO/c1-11-5-4-6-13(9-11)17(21)20(3)12(2)15-10-14(18)7-8-16(15)19/h4-10,12H,1-3H3. The van der Waals surface area contributed by atoms with E-state index in [2.05, 4.69) is 0 Å². The molecule has 0 aliphatic heterocycles. The lowest BCUT2D eigenvalue weighted by molar-refractivity contribution is 0.0740. The molecule has 0 saturated heterocycles. The maximum absolute atomic E-state index is 13.8. The van der Waals surface area contributed by atoms with Gasteiger partial charge in [0.15, 0.2) is 0 Å². The third-order valence-electron chi connectivity index (χ3n) is 3.57. The molecule has 0 N–H and O–H groups in total. The van der Waals surface area contributed by atoms with Crippen molar-refractivity contribution < 1.29 is 13.6 Å². The van der Waals surface area contributed by atoms with Crippen LogP contribution in [0.25, 0.3) is 0 Å². The van der Waals surface area contributed by atoms with Crippen LogP contribution in [0.4, 0.5) is 8.78 Å². The molecule has 0 aromatic heterocycles. The summed E-state index contributed by atoms with van der Waals surface area (Å²) in [6.07, 6.45) is 0. The van der Waals surface area contributed by atoms with Crippen LogP contribution >= 0.6 is 0 Å². The Labute approximate surface area is 123 Å². The zero-order chi connectivity index (χ0) is 15.6. The fourth-order valence-corrected chi connectivity index (χ4v) is 2.20. The van der Waals surface area contributed by atoms with Gasteiger partial charge in [0.1, 0.15) is 11.6 Å². The van der Waals surface area contributed by atoms with Crippen molar-refractivity contribution in [2.75, 3.05) is 7.05 Å². The molecule has 2 aromatic rings. The molecule has 4 heteroatoms. The summed E-state index contributed by atoms with van der Waals surface area (Å²) in [5, 5.41) is 0. The molecule has 0 saturated carbocycles. The zero-order valence-electron chi connectivity index (χ0n) is 12.2. The molecular weight excluding hydrogens is 272 g/mol. The molecule has 0 heterocycles. The van der Waals surface area contributed by atoms with Gasteiger partial charge in [0.2, 0.25) is 0 Å². The summed E-state index contributed by atoms with van der Waals surface area (Å²) in [5.41, 5.74) is 1.67. The van der Waals surface area contributed by atoms with Gasteiger partial charge in [-0.25, -0.2) is 8.78 Å². The number of hydrogen-bond acceptors (Lipinski definition) is 1. The number of amides is 1. The second kappa shape index (κ2) is 6.04. The van der Waals surface area contributed by atoms with Crippen LogP contribution in [0.3, 0.4) is 0 Å². The number of rotatable bonds is 3. The number of nitrogens with zero attached hydrogens (tertiary/aromatic N) is 1. The molecule has 21 heavy (non-hydrogen) atoms. The van der Waals surface area contributed by atoms with E-state index in [1.165, 1.54) is 4.90 Å². The van der Waals surface area contributed by atoms with Crippen LogP contribution in [0.5, 0.6) is 0 Å². The Morgan fingerprint density at radius 1 is 1.14 bits per heavy atom. The average Bonchev–Trinajstić information content (AvgIpc) is 2.47. The Kier molecular flexibility index (Phi) is 4.36. The normalized spacial score (nSPS) is 12.0. The van der Waals surface area contributed by atoms with E-state index in [9.17, 15) is 13.6 Å². The summed E-state index contributed by atoms with van der Waals surface area (Å²) in [5.74, 6) is -1.27. The van der Waals surface area contributed by atoms with Gasteiger partial charge in [-0.15, -0.1) is 0 Å². The van der Waals surface area contributed by atoms with E-state index in [4.69, 9.17) is 0 Å². The summed E-state index contributed by atoms with van der Waals surface area (Å²) in [6, 6.07) is 9.87. The number of carbonyl (C=O) groups is 1. The fraction of sp³-hybridized carbons (Fsp3) is 0.235. The largest absolute Gasteiger partial charge is 0.335 e. The number of halogens is 2. The predicted molar refractivity (Wildman–Crippen MR) is 78.0 cm³/mol. The van der Waals surface area contributed by atoms with Crippen LogP contribution in [-0.4, -0.2) is 17.9 Å². The Bertz CT molecular complexity index is 670. The maximum Gasteiger partial charge on any atom is 0.254 e. The highest BCUT2D eigenvalue weighted by atomic mass is 19.1. The first-order valence-corrected chi connectivity index (χ1v) is 6.69. The molecule has 2 nitrogen and oxygen atoms in total. The zero-order valence-corrected chi connectivity index (χ0v) is 12.2. The molecule has 0 radical (unpaired) electrons. The molecular formula is C17H17F2NO. The molecule has 0 bridgehead atoms.